The zero-order valence-corrected chi connectivity index (χ0v) is 7.00. The minimum absolute atomic E-state index is 0.143. The van der Waals surface area contributed by atoms with E-state index >= 15 is 0 Å². The van der Waals surface area contributed by atoms with Crippen LogP contribution in [0.1, 0.15) is 20.8 Å². The molecule has 0 fully saturated rings. The Morgan fingerprint density at radius 3 is 2.55 bits per heavy atom. The van der Waals surface area contributed by atoms with Gasteiger partial charge in [0.25, 0.3) is 0 Å². The molecule has 0 aromatic rings. The van der Waals surface area contributed by atoms with Crippen LogP contribution in [0.3, 0.4) is 0 Å². The van der Waals surface area contributed by atoms with E-state index in [1.807, 2.05) is 20.8 Å². The third-order valence-electron chi connectivity index (χ3n) is 1.66. The molecule has 0 rings (SSSR count). The van der Waals surface area contributed by atoms with Crippen molar-refractivity contribution in [3.8, 4) is 12.3 Å². The molecule has 11 heavy (non-hydrogen) atoms. The molecule has 3 heteroatoms. The summed E-state index contributed by atoms with van der Waals surface area (Å²) in [6.45, 7) is 5.52. The van der Waals surface area contributed by atoms with Gasteiger partial charge in [-0.25, -0.2) is 0 Å². The second kappa shape index (κ2) is 4.43. The molecule has 0 saturated carbocycles. The van der Waals surface area contributed by atoms with Crippen molar-refractivity contribution >= 4 is 0 Å². The molecule has 0 N–H and O–H groups in total. The van der Waals surface area contributed by atoms with Crippen molar-refractivity contribution in [3.63, 3.8) is 0 Å². The molecule has 0 bridgehead atoms. The highest BCUT2D eigenvalue weighted by Gasteiger charge is 2.02. The van der Waals surface area contributed by atoms with Gasteiger partial charge in [-0.3, -0.25) is 0 Å². The van der Waals surface area contributed by atoms with Gasteiger partial charge in [-0.15, -0.1) is 6.42 Å². The third-order valence-corrected chi connectivity index (χ3v) is 1.66. The molecule has 0 aromatic heterocycles. The van der Waals surface area contributed by atoms with Crippen LogP contribution in [-0.2, 0) is 0 Å². The Labute approximate surface area is 66.7 Å². The first-order chi connectivity index (χ1) is 5.13. The molecule has 0 aliphatic carbocycles. The SMILES string of the molecule is C#C/C(C)=C(\C)C(C)N=[N+]=[N-]. The Morgan fingerprint density at radius 1 is 1.64 bits per heavy atom. The number of azide groups is 1. The Morgan fingerprint density at radius 2 is 2.18 bits per heavy atom. The lowest BCUT2D eigenvalue weighted by Crippen LogP contribution is -1.99. The summed E-state index contributed by atoms with van der Waals surface area (Å²) in [5.74, 6) is 2.50. The van der Waals surface area contributed by atoms with Gasteiger partial charge in [0.15, 0.2) is 0 Å². The van der Waals surface area contributed by atoms with Gasteiger partial charge in [-0.1, -0.05) is 23.5 Å². The Balaban J connectivity index is 4.62. The lowest BCUT2D eigenvalue weighted by Gasteiger charge is -2.05. The standard InChI is InChI=1S/C8H11N3/c1-5-6(2)7(3)8(4)10-11-9/h1,8H,2-4H3/b7-6+. The zero-order valence-electron chi connectivity index (χ0n) is 7.00. The van der Waals surface area contributed by atoms with Crippen LogP contribution in [0.25, 0.3) is 10.4 Å². The molecule has 0 aliphatic rings. The topological polar surface area (TPSA) is 48.8 Å². The van der Waals surface area contributed by atoms with E-state index in [4.69, 9.17) is 12.0 Å². The molecule has 0 radical (unpaired) electrons. The lowest BCUT2D eigenvalue weighted by atomic mass is 10.1. The summed E-state index contributed by atoms with van der Waals surface area (Å²) in [4.78, 5) is 2.70. The highest BCUT2D eigenvalue weighted by molar-refractivity contribution is 5.30. The minimum Gasteiger partial charge on any atom is -0.115 e. The average molecular weight is 149 g/mol. The maximum absolute atomic E-state index is 8.12. The molecule has 0 saturated heterocycles. The van der Waals surface area contributed by atoms with E-state index in [2.05, 4.69) is 15.9 Å². The van der Waals surface area contributed by atoms with Crippen LogP contribution in [0.2, 0.25) is 0 Å². The van der Waals surface area contributed by atoms with Crippen LogP contribution in [0.5, 0.6) is 0 Å². The summed E-state index contributed by atoms with van der Waals surface area (Å²) < 4.78 is 0. The Kier molecular flexibility index (Phi) is 3.87. The van der Waals surface area contributed by atoms with Crippen LogP contribution < -0.4 is 0 Å². The Hall–Kier alpha value is -1.39. The van der Waals surface area contributed by atoms with Gasteiger partial charge >= 0.3 is 0 Å². The second-order valence-corrected chi connectivity index (χ2v) is 2.33. The average Bonchev–Trinajstić information content (AvgIpc) is 2.02. The van der Waals surface area contributed by atoms with Gasteiger partial charge in [-0.2, -0.15) is 0 Å². The second-order valence-electron chi connectivity index (χ2n) is 2.33. The Bertz CT molecular complexity index is 251. The molecular formula is C8H11N3. The molecule has 0 heterocycles. The van der Waals surface area contributed by atoms with Crippen LogP contribution in [0, 0.1) is 12.3 Å². The molecule has 0 spiro atoms. The number of nitrogens with zero attached hydrogens (tertiary/aromatic N) is 3. The maximum Gasteiger partial charge on any atom is 0.0565 e. The minimum atomic E-state index is -0.143. The summed E-state index contributed by atoms with van der Waals surface area (Å²) in [6.07, 6.45) is 5.16. The van der Waals surface area contributed by atoms with Crippen molar-refractivity contribution in [1.82, 2.24) is 0 Å². The predicted molar refractivity (Wildman–Crippen MR) is 45.8 cm³/mol. The van der Waals surface area contributed by atoms with E-state index in [1.165, 1.54) is 0 Å². The van der Waals surface area contributed by atoms with Gasteiger partial charge < -0.3 is 0 Å². The van der Waals surface area contributed by atoms with Crippen molar-refractivity contribution in [1.29, 1.82) is 0 Å². The van der Waals surface area contributed by atoms with Crippen LogP contribution >= 0.6 is 0 Å². The lowest BCUT2D eigenvalue weighted by molar-refractivity contribution is 0.841. The molecule has 58 valence electrons. The fraction of sp³-hybridized carbons (Fsp3) is 0.500. The molecular weight excluding hydrogens is 138 g/mol. The van der Waals surface area contributed by atoms with Crippen LogP contribution in [-0.4, -0.2) is 6.04 Å². The fourth-order valence-electron chi connectivity index (χ4n) is 0.591. The van der Waals surface area contributed by atoms with E-state index in [9.17, 15) is 0 Å². The third kappa shape index (κ3) is 2.79. The van der Waals surface area contributed by atoms with E-state index in [0.717, 1.165) is 11.1 Å². The largest absolute Gasteiger partial charge is 0.115 e. The van der Waals surface area contributed by atoms with Crippen LogP contribution in [0.4, 0.5) is 0 Å². The molecule has 3 nitrogen and oxygen atoms in total. The van der Waals surface area contributed by atoms with Crippen molar-refractivity contribution in [3.05, 3.63) is 21.6 Å². The predicted octanol–water partition coefficient (Wildman–Crippen LogP) is 2.65. The van der Waals surface area contributed by atoms with Gasteiger partial charge in [0.1, 0.15) is 0 Å². The number of rotatable bonds is 2. The van der Waals surface area contributed by atoms with Crippen LogP contribution in [0.15, 0.2) is 16.3 Å². The highest BCUT2D eigenvalue weighted by Crippen LogP contribution is 2.10. The van der Waals surface area contributed by atoms with Gasteiger partial charge in [0.05, 0.1) is 6.04 Å². The van der Waals surface area contributed by atoms with Crippen molar-refractivity contribution < 1.29 is 0 Å². The van der Waals surface area contributed by atoms with Gasteiger partial charge in [-0.05, 0) is 25.0 Å². The van der Waals surface area contributed by atoms with E-state index < -0.39 is 0 Å². The summed E-state index contributed by atoms with van der Waals surface area (Å²) in [7, 11) is 0. The van der Waals surface area contributed by atoms with E-state index in [1.54, 1.807) is 0 Å². The highest BCUT2D eigenvalue weighted by atomic mass is 15.1. The quantitative estimate of drug-likeness (QED) is 0.251. The fourth-order valence-corrected chi connectivity index (χ4v) is 0.591. The monoisotopic (exact) mass is 149 g/mol. The maximum atomic E-state index is 8.12. The van der Waals surface area contributed by atoms with Crippen molar-refractivity contribution in [2.45, 2.75) is 26.8 Å². The van der Waals surface area contributed by atoms with E-state index in [0.29, 0.717) is 0 Å². The number of allylic oxidation sites excluding steroid dienone is 1. The smallest absolute Gasteiger partial charge is 0.0565 e. The van der Waals surface area contributed by atoms with Crippen molar-refractivity contribution in [2.75, 3.05) is 0 Å². The summed E-state index contributed by atoms with van der Waals surface area (Å²) in [5.41, 5.74) is 9.91. The molecule has 1 atom stereocenters. The van der Waals surface area contributed by atoms with E-state index in [-0.39, 0.29) is 6.04 Å². The number of hydrogen-bond donors (Lipinski definition) is 0. The zero-order chi connectivity index (χ0) is 8.85. The number of terminal acetylenes is 1. The van der Waals surface area contributed by atoms with Gasteiger partial charge in [0.2, 0.25) is 0 Å². The first kappa shape index (κ1) is 9.61. The summed E-state index contributed by atoms with van der Waals surface area (Å²) in [5, 5.41) is 3.52. The first-order valence-corrected chi connectivity index (χ1v) is 3.31. The first-order valence-electron chi connectivity index (χ1n) is 3.31. The number of hydrogen-bond acceptors (Lipinski definition) is 1. The molecule has 0 aromatic carbocycles. The molecule has 1 unspecified atom stereocenters. The molecule has 0 aliphatic heterocycles. The molecule has 0 amide bonds. The normalized spacial score (nSPS) is 14.0. The summed E-state index contributed by atoms with van der Waals surface area (Å²) in [6, 6.07) is -0.143. The van der Waals surface area contributed by atoms with Gasteiger partial charge in [0, 0.05) is 4.91 Å². The van der Waals surface area contributed by atoms with Crippen molar-refractivity contribution in [2.24, 2.45) is 5.11 Å². The summed E-state index contributed by atoms with van der Waals surface area (Å²) >= 11 is 0.